The van der Waals surface area contributed by atoms with Crippen molar-refractivity contribution in [3.05, 3.63) is 60.2 Å². The van der Waals surface area contributed by atoms with Crippen molar-refractivity contribution < 1.29 is 0 Å². The van der Waals surface area contributed by atoms with Gasteiger partial charge in [-0.25, -0.2) is 5.43 Å². The van der Waals surface area contributed by atoms with Crippen LogP contribution in [-0.2, 0) is 6.54 Å². The second-order valence-corrected chi connectivity index (χ2v) is 5.74. The predicted octanol–water partition coefficient (Wildman–Crippen LogP) is 3.84. The lowest BCUT2D eigenvalue weighted by Crippen LogP contribution is -2.04. The SMILES string of the molecule is CCn1c2ccccc2c2nnc(NN=C(C)c3ccccc3)nc21. The minimum absolute atomic E-state index is 0.389. The van der Waals surface area contributed by atoms with Crippen LogP contribution in [0.5, 0.6) is 0 Å². The van der Waals surface area contributed by atoms with Gasteiger partial charge >= 0.3 is 0 Å². The molecule has 0 saturated carbocycles. The van der Waals surface area contributed by atoms with Crippen LogP contribution in [0.1, 0.15) is 19.4 Å². The van der Waals surface area contributed by atoms with Gasteiger partial charge in [0.1, 0.15) is 5.52 Å². The number of nitrogens with zero attached hydrogens (tertiary/aromatic N) is 5. The van der Waals surface area contributed by atoms with Crippen molar-refractivity contribution in [3.63, 3.8) is 0 Å². The number of benzene rings is 2. The van der Waals surface area contributed by atoms with Crippen molar-refractivity contribution in [2.24, 2.45) is 5.10 Å². The molecule has 0 saturated heterocycles. The van der Waals surface area contributed by atoms with E-state index in [-0.39, 0.29) is 0 Å². The number of aromatic nitrogens is 4. The lowest BCUT2D eigenvalue weighted by molar-refractivity contribution is 0.811. The van der Waals surface area contributed by atoms with Crippen molar-refractivity contribution in [1.82, 2.24) is 19.7 Å². The maximum Gasteiger partial charge on any atom is 0.265 e. The molecule has 0 aliphatic heterocycles. The van der Waals surface area contributed by atoms with Gasteiger partial charge in [-0.1, -0.05) is 48.5 Å². The summed E-state index contributed by atoms with van der Waals surface area (Å²) >= 11 is 0. The molecular formula is C19H18N6. The van der Waals surface area contributed by atoms with Gasteiger partial charge in [-0.05, 0) is 25.5 Å². The van der Waals surface area contributed by atoms with Crippen molar-refractivity contribution in [2.75, 3.05) is 5.43 Å². The molecule has 0 fully saturated rings. The fraction of sp³-hybridized carbons (Fsp3) is 0.158. The first kappa shape index (κ1) is 15.3. The summed E-state index contributed by atoms with van der Waals surface area (Å²) in [7, 11) is 0. The van der Waals surface area contributed by atoms with Gasteiger partial charge < -0.3 is 4.57 Å². The summed E-state index contributed by atoms with van der Waals surface area (Å²) in [5.41, 5.74) is 7.57. The number of fused-ring (bicyclic) bond motifs is 3. The first-order valence-electron chi connectivity index (χ1n) is 8.25. The Morgan fingerprint density at radius 3 is 2.60 bits per heavy atom. The Balaban J connectivity index is 1.73. The number of anilines is 1. The average molecular weight is 330 g/mol. The van der Waals surface area contributed by atoms with Crippen LogP contribution in [0.25, 0.3) is 22.1 Å². The molecule has 4 rings (SSSR count). The second kappa shape index (κ2) is 6.32. The minimum atomic E-state index is 0.389. The van der Waals surface area contributed by atoms with Crippen LogP contribution in [-0.4, -0.2) is 25.5 Å². The molecule has 6 heteroatoms. The summed E-state index contributed by atoms with van der Waals surface area (Å²) in [5, 5.41) is 14.0. The molecule has 0 aliphatic carbocycles. The number of nitrogens with one attached hydrogen (secondary N) is 1. The van der Waals surface area contributed by atoms with E-state index in [0.29, 0.717) is 5.95 Å². The third-order valence-corrected chi connectivity index (χ3v) is 4.21. The zero-order valence-electron chi connectivity index (χ0n) is 14.1. The summed E-state index contributed by atoms with van der Waals surface area (Å²) in [4.78, 5) is 4.62. The quantitative estimate of drug-likeness (QED) is 0.456. The van der Waals surface area contributed by atoms with Crippen LogP contribution >= 0.6 is 0 Å². The third kappa shape index (κ3) is 2.71. The van der Waals surface area contributed by atoms with E-state index in [1.165, 1.54) is 0 Å². The summed E-state index contributed by atoms with van der Waals surface area (Å²) in [6.45, 7) is 4.85. The molecule has 25 heavy (non-hydrogen) atoms. The fourth-order valence-electron chi connectivity index (χ4n) is 2.95. The maximum absolute atomic E-state index is 4.62. The van der Waals surface area contributed by atoms with E-state index in [1.807, 2.05) is 55.5 Å². The molecule has 4 aromatic rings. The van der Waals surface area contributed by atoms with Crippen LogP contribution in [0.3, 0.4) is 0 Å². The van der Waals surface area contributed by atoms with Crippen LogP contribution in [0.15, 0.2) is 59.7 Å². The normalized spacial score (nSPS) is 12.0. The number of aryl methyl sites for hydroxylation is 1. The molecule has 0 bridgehead atoms. The summed E-state index contributed by atoms with van der Waals surface area (Å²) in [6, 6.07) is 18.1. The van der Waals surface area contributed by atoms with E-state index in [4.69, 9.17) is 0 Å². The molecular weight excluding hydrogens is 312 g/mol. The molecule has 0 radical (unpaired) electrons. The highest BCUT2D eigenvalue weighted by atomic mass is 15.4. The van der Waals surface area contributed by atoms with Gasteiger partial charge in [0.05, 0.1) is 11.2 Å². The van der Waals surface area contributed by atoms with Crippen LogP contribution in [0.2, 0.25) is 0 Å². The van der Waals surface area contributed by atoms with Gasteiger partial charge in [0, 0.05) is 11.9 Å². The molecule has 0 amide bonds. The molecule has 2 heterocycles. The Morgan fingerprint density at radius 2 is 1.80 bits per heavy atom. The molecule has 0 spiro atoms. The first-order valence-corrected chi connectivity index (χ1v) is 8.25. The Morgan fingerprint density at radius 1 is 1.04 bits per heavy atom. The minimum Gasteiger partial charge on any atom is -0.324 e. The van der Waals surface area contributed by atoms with Crippen LogP contribution in [0.4, 0.5) is 5.95 Å². The van der Waals surface area contributed by atoms with E-state index < -0.39 is 0 Å². The number of para-hydroxylation sites is 1. The number of rotatable bonds is 4. The fourth-order valence-corrected chi connectivity index (χ4v) is 2.95. The average Bonchev–Trinajstić information content (AvgIpc) is 2.99. The van der Waals surface area contributed by atoms with Crippen molar-refractivity contribution in [3.8, 4) is 0 Å². The lowest BCUT2D eigenvalue weighted by atomic mass is 10.1. The monoisotopic (exact) mass is 330 g/mol. The number of hydrazone groups is 1. The number of hydrogen-bond donors (Lipinski definition) is 1. The van der Waals surface area contributed by atoms with Crippen LogP contribution in [0, 0.1) is 0 Å². The summed E-state index contributed by atoms with van der Waals surface area (Å²) in [5.74, 6) is 0.389. The predicted molar refractivity (Wildman–Crippen MR) is 101 cm³/mol. The molecule has 124 valence electrons. The molecule has 0 atom stereocenters. The van der Waals surface area contributed by atoms with E-state index >= 15 is 0 Å². The van der Waals surface area contributed by atoms with Gasteiger partial charge in [-0.2, -0.15) is 10.1 Å². The van der Waals surface area contributed by atoms with E-state index in [9.17, 15) is 0 Å². The highest BCUT2D eigenvalue weighted by molar-refractivity contribution is 6.04. The second-order valence-electron chi connectivity index (χ2n) is 5.74. The van der Waals surface area contributed by atoms with Crippen molar-refractivity contribution >= 4 is 33.7 Å². The standard InChI is InChI=1S/C19H18N6/c1-3-25-16-12-8-7-11-15(16)17-18(25)20-19(24-22-17)23-21-13(2)14-9-5-4-6-10-14/h4-12H,3H2,1-2H3,(H,20,23,24). The molecule has 0 unspecified atom stereocenters. The Hall–Kier alpha value is -3.28. The van der Waals surface area contributed by atoms with Gasteiger partial charge in [0.2, 0.25) is 0 Å². The Labute approximate surface area is 145 Å². The lowest BCUT2D eigenvalue weighted by Gasteiger charge is -2.04. The highest BCUT2D eigenvalue weighted by Gasteiger charge is 2.13. The number of hydrogen-bond acceptors (Lipinski definition) is 5. The molecule has 6 nitrogen and oxygen atoms in total. The first-order chi connectivity index (χ1) is 12.3. The Kier molecular flexibility index (Phi) is 3.85. The van der Waals surface area contributed by atoms with Gasteiger partial charge in [-0.3, -0.25) is 0 Å². The van der Waals surface area contributed by atoms with E-state index in [2.05, 4.69) is 43.3 Å². The smallest absolute Gasteiger partial charge is 0.265 e. The summed E-state index contributed by atoms with van der Waals surface area (Å²) in [6.07, 6.45) is 0. The largest absolute Gasteiger partial charge is 0.324 e. The molecule has 1 N–H and O–H groups in total. The molecule has 2 aromatic heterocycles. The third-order valence-electron chi connectivity index (χ3n) is 4.21. The van der Waals surface area contributed by atoms with Crippen molar-refractivity contribution in [2.45, 2.75) is 20.4 Å². The van der Waals surface area contributed by atoms with Gasteiger partial charge in [0.15, 0.2) is 5.65 Å². The van der Waals surface area contributed by atoms with Crippen LogP contribution < -0.4 is 5.43 Å². The highest BCUT2D eigenvalue weighted by Crippen LogP contribution is 2.26. The van der Waals surface area contributed by atoms with E-state index in [0.717, 1.165) is 39.9 Å². The zero-order chi connectivity index (χ0) is 17.2. The zero-order valence-corrected chi connectivity index (χ0v) is 14.1. The summed E-state index contributed by atoms with van der Waals surface area (Å²) < 4.78 is 2.14. The van der Waals surface area contributed by atoms with E-state index in [1.54, 1.807) is 0 Å². The maximum atomic E-state index is 4.62. The van der Waals surface area contributed by atoms with Crippen molar-refractivity contribution in [1.29, 1.82) is 0 Å². The molecule has 0 aliphatic rings. The molecule has 2 aromatic carbocycles. The Bertz CT molecular complexity index is 1070. The van der Waals surface area contributed by atoms with Gasteiger partial charge in [0.25, 0.3) is 5.95 Å². The topological polar surface area (TPSA) is 68.0 Å². The van der Waals surface area contributed by atoms with Gasteiger partial charge in [-0.15, -0.1) is 10.2 Å².